The van der Waals surface area contributed by atoms with Crippen LogP contribution in [0.2, 0.25) is 0 Å². The zero-order valence-electron chi connectivity index (χ0n) is 14.1. The number of hydroxylamine groups is 2. The second kappa shape index (κ2) is 6.76. The van der Waals surface area contributed by atoms with E-state index in [1.807, 2.05) is 0 Å². The fraction of sp³-hybridized carbons (Fsp3) is 0.316. The Bertz CT molecular complexity index is 831. The van der Waals surface area contributed by atoms with Gasteiger partial charge in [-0.25, -0.2) is 4.79 Å². The molecule has 0 saturated carbocycles. The molecular weight excluding hydrogens is 336 g/mol. The number of piperidine rings is 1. The van der Waals surface area contributed by atoms with Crippen LogP contribution < -0.4 is 0 Å². The van der Waals surface area contributed by atoms with Crippen molar-refractivity contribution in [1.82, 2.24) is 9.96 Å². The molecule has 0 spiro atoms. The lowest BCUT2D eigenvalue weighted by Gasteiger charge is -2.25. The smallest absolute Gasteiger partial charge is 0.399 e. The van der Waals surface area contributed by atoms with Gasteiger partial charge < -0.3 is 9.25 Å². The van der Waals surface area contributed by atoms with Gasteiger partial charge in [0, 0.05) is 0 Å². The maximum atomic E-state index is 12.3. The standard InChI is InChI=1S/C19H18N2O5/c22-17-14-6-2-3-7-15(14)18(23)21(17)26-19(24)16-9-8-13(25-16)12-20-10-4-1-5-11-20/h2-3,6-9H,1,4-5,10-12H2. The van der Waals surface area contributed by atoms with Gasteiger partial charge >= 0.3 is 5.97 Å². The maximum absolute atomic E-state index is 12.3. The molecule has 2 aliphatic rings. The molecule has 2 amide bonds. The lowest BCUT2D eigenvalue weighted by atomic mass is 10.1. The normalized spacial score (nSPS) is 17.5. The summed E-state index contributed by atoms with van der Waals surface area (Å²) in [4.78, 5) is 44.0. The Morgan fingerprint density at radius 3 is 2.27 bits per heavy atom. The third-order valence-corrected chi connectivity index (χ3v) is 4.62. The lowest BCUT2D eigenvalue weighted by Crippen LogP contribution is -2.32. The highest BCUT2D eigenvalue weighted by atomic mass is 16.7. The van der Waals surface area contributed by atoms with Crippen molar-refractivity contribution < 1.29 is 23.6 Å². The summed E-state index contributed by atoms with van der Waals surface area (Å²) in [6, 6.07) is 9.55. The summed E-state index contributed by atoms with van der Waals surface area (Å²) in [6.45, 7) is 2.64. The number of carbonyl (C=O) groups is 3. The number of amides is 2. The van der Waals surface area contributed by atoms with E-state index in [0.717, 1.165) is 25.9 Å². The molecule has 0 radical (unpaired) electrons. The second-order valence-electron chi connectivity index (χ2n) is 6.43. The van der Waals surface area contributed by atoms with Crippen LogP contribution in [0.15, 0.2) is 40.8 Å². The number of benzene rings is 1. The topological polar surface area (TPSA) is 80.1 Å². The van der Waals surface area contributed by atoms with Crippen LogP contribution in [0.4, 0.5) is 0 Å². The van der Waals surface area contributed by atoms with Gasteiger partial charge in [0.2, 0.25) is 5.76 Å². The molecule has 0 N–H and O–H groups in total. The molecule has 3 heterocycles. The van der Waals surface area contributed by atoms with E-state index >= 15 is 0 Å². The van der Waals surface area contributed by atoms with E-state index in [1.54, 1.807) is 18.2 Å². The number of fused-ring (bicyclic) bond motifs is 1. The van der Waals surface area contributed by atoms with Crippen molar-refractivity contribution in [3.05, 3.63) is 59.0 Å². The van der Waals surface area contributed by atoms with Crippen LogP contribution in [-0.2, 0) is 11.4 Å². The molecule has 2 aliphatic heterocycles. The van der Waals surface area contributed by atoms with Gasteiger partial charge in [0.25, 0.3) is 11.8 Å². The van der Waals surface area contributed by atoms with Crippen molar-refractivity contribution in [2.75, 3.05) is 13.1 Å². The van der Waals surface area contributed by atoms with Gasteiger partial charge in [-0.2, -0.15) is 0 Å². The first-order valence-electron chi connectivity index (χ1n) is 8.64. The molecule has 0 unspecified atom stereocenters. The molecule has 2 aromatic rings. The van der Waals surface area contributed by atoms with Gasteiger partial charge in [-0.15, -0.1) is 0 Å². The minimum absolute atomic E-state index is 0.0337. The van der Waals surface area contributed by atoms with E-state index in [9.17, 15) is 14.4 Å². The lowest BCUT2D eigenvalue weighted by molar-refractivity contribution is -0.0604. The molecule has 0 aliphatic carbocycles. The van der Waals surface area contributed by atoms with Crippen molar-refractivity contribution in [3.63, 3.8) is 0 Å². The third-order valence-electron chi connectivity index (χ3n) is 4.62. The highest BCUT2D eigenvalue weighted by Crippen LogP contribution is 2.24. The number of imide groups is 1. The summed E-state index contributed by atoms with van der Waals surface area (Å²) in [7, 11) is 0. The Balaban J connectivity index is 1.43. The molecule has 7 heteroatoms. The monoisotopic (exact) mass is 354 g/mol. The van der Waals surface area contributed by atoms with Gasteiger partial charge in [-0.3, -0.25) is 14.5 Å². The highest BCUT2D eigenvalue weighted by molar-refractivity contribution is 6.21. The van der Waals surface area contributed by atoms with E-state index in [-0.39, 0.29) is 16.9 Å². The predicted molar refractivity (Wildman–Crippen MR) is 90.2 cm³/mol. The first kappa shape index (κ1) is 16.5. The number of hydrogen-bond donors (Lipinski definition) is 0. The number of rotatable bonds is 4. The van der Waals surface area contributed by atoms with Gasteiger partial charge in [-0.05, 0) is 50.2 Å². The molecule has 0 atom stereocenters. The molecule has 0 bridgehead atoms. The SMILES string of the molecule is O=C(ON1C(=O)c2ccccc2C1=O)c1ccc(CN2CCCCC2)o1. The quantitative estimate of drug-likeness (QED) is 0.785. The largest absolute Gasteiger partial charge is 0.453 e. The van der Waals surface area contributed by atoms with Gasteiger partial charge in [0.05, 0.1) is 17.7 Å². The van der Waals surface area contributed by atoms with Crippen LogP contribution in [0.25, 0.3) is 0 Å². The molecule has 26 heavy (non-hydrogen) atoms. The zero-order valence-corrected chi connectivity index (χ0v) is 14.1. The first-order chi connectivity index (χ1) is 12.6. The van der Waals surface area contributed by atoms with Crippen LogP contribution in [0, 0.1) is 0 Å². The Kier molecular flexibility index (Phi) is 4.30. The minimum Gasteiger partial charge on any atom is -0.453 e. The Morgan fingerprint density at radius 2 is 1.62 bits per heavy atom. The maximum Gasteiger partial charge on any atom is 0.399 e. The summed E-state index contributed by atoms with van der Waals surface area (Å²) < 4.78 is 5.54. The zero-order chi connectivity index (χ0) is 18.1. The van der Waals surface area contributed by atoms with Crippen LogP contribution in [0.3, 0.4) is 0 Å². The van der Waals surface area contributed by atoms with Crippen molar-refractivity contribution in [2.24, 2.45) is 0 Å². The number of likely N-dealkylation sites (tertiary alicyclic amines) is 1. The molecule has 4 rings (SSSR count). The fourth-order valence-electron chi connectivity index (χ4n) is 3.29. The summed E-state index contributed by atoms with van der Waals surface area (Å²) in [5.41, 5.74) is 0.436. The number of hydrogen-bond acceptors (Lipinski definition) is 6. The van der Waals surface area contributed by atoms with Crippen LogP contribution in [0.1, 0.15) is 56.3 Å². The molecule has 1 fully saturated rings. The Labute approximate surface area is 150 Å². The molecule has 7 nitrogen and oxygen atoms in total. The minimum atomic E-state index is -0.871. The van der Waals surface area contributed by atoms with E-state index in [1.165, 1.54) is 24.6 Å². The van der Waals surface area contributed by atoms with E-state index < -0.39 is 17.8 Å². The number of furan rings is 1. The molecule has 1 aromatic heterocycles. The van der Waals surface area contributed by atoms with E-state index in [2.05, 4.69) is 4.90 Å². The Hall–Kier alpha value is -2.93. The van der Waals surface area contributed by atoms with Crippen molar-refractivity contribution in [3.8, 4) is 0 Å². The average Bonchev–Trinajstić information content (AvgIpc) is 3.22. The number of nitrogens with zero attached hydrogens (tertiary/aromatic N) is 2. The Morgan fingerprint density at radius 1 is 0.962 bits per heavy atom. The predicted octanol–water partition coefficient (Wildman–Crippen LogP) is 2.63. The third kappa shape index (κ3) is 3.01. The second-order valence-corrected chi connectivity index (χ2v) is 6.43. The van der Waals surface area contributed by atoms with Crippen LogP contribution in [0.5, 0.6) is 0 Å². The number of carbonyl (C=O) groups excluding carboxylic acids is 3. The first-order valence-corrected chi connectivity index (χ1v) is 8.64. The van der Waals surface area contributed by atoms with E-state index in [4.69, 9.17) is 9.25 Å². The molecule has 1 saturated heterocycles. The van der Waals surface area contributed by atoms with Crippen molar-refractivity contribution >= 4 is 17.8 Å². The molecular formula is C19H18N2O5. The average molecular weight is 354 g/mol. The van der Waals surface area contributed by atoms with Gasteiger partial charge in [-0.1, -0.05) is 23.6 Å². The van der Waals surface area contributed by atoms with E-state index in [0.29, 0.717) is 17.4 Å². The molecule has 134 valence electrons. The fourth-order valence-corrected chi connectivity index (χ4v) is 3.29. The van der Waals surface area contributed by atoms with Gasteiger partial charge in [0.15, 0.2) is 0 Å². The van der Waals surface area contributed by atoms with Crippen molar-refractivity contribution in [1.29, 1.82) is 0 Å². The molecule has 1 aromatic carbocycles. The summed E-state index contributed by atoms with van der Waals surface area (Å²) in [5, 5.41) is 0.486. The highest BCUT2D eigenvalue weighted by Gasteiger charge is 2.39. The van der Waals surface area contributed by atoms with Gasteiger partial charge in [0.1, 0.15) is 5.76 Å². The van der Waals surface area contributed by atoms with Crippen molar-refractivity contribution in [2.45, 2.75) is 25.8 Å². The van der Waals surface area contributed by atoms with Crippen LogP contribution in [-0.4, -0.2) is 40.8 Å². The summed E-state index contributed by atoms with van der Waals surface area (Å²) >= 11 is 0. The summed E-state index contributed by atoms with van der Waals surface area (Å²) in [6.07, 6.45) is 3.57. The van der Waals surface area contributed by atoms with Crippen LogP contribution >= 0.6 is 0 Å². The summed E-state index contributed by atoms with van der Waals surface area (Å²) in [5.74, 6) is -1.56.